The molecule has 1 N–H and O–H groups in total. The van der Waals surface area contributed by atoms with E-state index in [1.807, 2.05) is 0 Å². The van der Waals surface area contributed by atoms with Crippen molar-refractivity contribution < 1.29 is 9.59 Å². The molecule has 0 fully saturated rings. The molecule has 0 aromatic rings. The fourth-order valence-corrected chi connectivity index (χ4v) is 2.16. The Bertz CT molecular complexity index is 251. The van der Waals surface area contributed by atoms with Crippen molar-refractivity contribution in [2.75, 3.05) is 6.54 Å². The number of amides is 1. The van der Waals surface area contributed by atoms with Crippen molar-refractivity contribution in [3.8, 4) is 0 Å². The van der Waals surface area contributed by atoms with Gasteiger partial charge in [-0.1, -0.05) is 58.8 Å². The highest BCUT2D eigenvalue weighted by Crippen LogP contribution is 2.13. The van der Waals surface area contributed by atoms with E-state index >= 15 is 0 Å². The third-order valence-electron chi connectivity index (χ3n) is 3.48. The Balaban J connectivity index is 3.85. The maximum atomic E-state index is 11.9. The zero-order valence-corrected chi connectivity index (χ0v) is 13.0. The monoisotopic (exact) mass is 269 g/mol. The second kappa shape index (κ2) is 12.2. The summed E-state index contributed by atoms with van der Waals surface area (Å²) >= 11 is 0. The summed E-state index contributed by atoms with van der Waals surface area (Å²) in [5.41, 5.74) is 0. The number of hydrogen-bond donors (Lipinski definition) is 1. The van der Waals surface area contributed by atoms with E-state index in [0.717, 1.165) is 25.7 Å². The van der Waals surface area contributed by atoms with Crippen LogP contribution in [-0.2, 0) is 9.59 Å². The average Bonchev–Trinajstić information content (AvgIpc) is 2.37. The van der Waals surface area contributed by atoms with Gasteiger partial charge in [0.1, 0.15) is 5.78 Å². The second-order valence-electron chi connectivity index (χ2n) is 5.36. The van der Waals surface area contributed by atoms with E-state index in [1.54, 1.807) is 0 Å². The SMILES string of the molecule is CCCCCCCCC(C(C)=O)C(=O)NCCCC. The number of hydrogen-bond acceptors (Lipinski definition) is 2. The van der Waals surface area contributed by atoms with Crippen LogP contribution < -0.4 is 5.32 Å². The smallest absolute Gasteiger partial charge is 0.230 e. The summed E-state index contributed by atoms with van der Waals surface area (Å²) in [7, 11) is 0. The molecule has 3 nitrogen and oxygen atoms in total. The molecule has 3 heteroatoms. The van der Waals surface area contributed by atoms with Crippen LogP contribution in [0, 0.1) is 5.92 Å². The van der Waals surface area contributed by atoms with Gasteiger partial charge >= 0.3 is 0 Å². The summed E-state index contributed by atoms with van der Waals surface area (Å²) in [6.07, 6.45) is 9.87. The first-order chi connectivity index (χ1) is 9.13. The van der Waals surface area contributed by atoms with Crippen LogP contribution in [0.2, 0.25) is 0 Å². The largest absolute Gasteiger partial charge is 0.355 e. The Hall–Kier alpha value is -0.860. The van der Waals surface area contributed by atoms with Crippen LogP contribution in [0.4, 0.5) is 0 Å². The van der Waals surface area contributed by atoms with E-state index in [9.17, 15) is 9.59 Å². The summed E-state index contributed by atoms with van der Waals surface area (Å²) in [4.78, 5) is 23.4. The Morgan fingerprint density at radius 1 is 0.895 bits per heavy atom. The molecule has 0 aliphatic heterocycles. The average molecular weight is 269 g/mol. The summed E-state index contributed by atoms with van der Waals surface area (Å²) in [6.45, 7) is 6.51. The summed E-state index contributed by atoms with van der Waals surface area (Å²) in [5.74, 6) is -0.500. The van der Waals surface area contributed by atoms with Crippen LogP contribution in [0.5, 0.6) is 0 Å². The molecule has 1 atom stereocenters. The van der Waals surface area contributed by atoms with Crippen molar-refractivity contribution in [2.45, 2.75) is 78.6 Å². The molecule has 0 spiro atoms. The zero-order chi connectivity index (χ0) is 14.5. The molecular weight excluding hydrogens is 238 g/mol. The van der Waals surface area contributed by atoms with E-state index in [-0.39, 0.29) is 11.7 Å². The Labute approximate surface area is 118 Å². The number of rotatable bonds is 12. The van der Waals surface area contributed by atoms with Gasteiger partial charge in [0.2, 0.25) is 5.91 Å². The van der Waals surface area contributed by atoms with Crippen LogP contribution in [0.1, 0.15) is 78.6 Å². The molecule has 0 aromatic heterocycles. The number of ketones is 1. The standard InChI is InChI=1S/C16H31NO2/c1-4-6-8-9-10-11-12-15(14(3)18)16(19)17-13-7-5-2/h15H,4-13H2,1-3H3,(H,17,19). The molecule has 0 aromatic carbocycles. The molecule has 0 saturated carbocycles. The van der Waals surface area contributed by atoms with Crippen molar-refractivity contribution in [1.82, 2.24) is 5.32 Å². The molecule has 0 bridgehead atoms. The predicted octanol–water partition coefficient (Wildman–Crippen LogP) is 3.86. The fraction of sp³-hybridized carbons (Fsp3) is 0.875. The van der Waals surface area contributed by atoms with Gasteiger partial charge in [-0.05, 0) is 19.8 Å². The second-order valence-corrected chi connectivity index (χ2v) is 5.36. The summed E-state index contributed by atoms with van der Waals surface area (Å²) < 4.78 is 0. The molecule has 1 unspecified atom stereocenters. The van der Waals surface area contributed by atoms with Gasteiger partial charge in [0.05, 0.1) is 5.92 Å². The maximum Gasteiger partial charge on any atom is 0.230 e. The Morgan fingerprint density at radius 2 is 1.47 bits per heavy atom. The molecule has 0 radical (unpaired) electrons. The Morgan fingerprint density at radius 3 is 2.05 bits per heavy atom. The van der Waals surface area contributed by atoms with Gasteiger partial charge in [-0.2, -0.15) is 0 Å². The number of carbonyl (C=O) groups excluding carboxylic acids is 2. The topological polar surface area (TPSA) is 46.2 Å². The predicted molar refractivity (Wildman–Crippen MR) is 80.1 cm³/mol. The van der Waals surface area contributed by atoms with Gasteiger partial charge in [-0.25, -0.2) is 0 Å². The number of carbonyl (C=O) groups is 2. The van der Waals surface area contributed by atoms with Gasteiger partial charge in [0.15, 0.2) is 0 Å². The molecule has 19 heavy (non-hydrogen) atoms. The molecule has 0 aliphatic carbocycles. The number of Topliss-reactive ketones (excluding diaryl/α,β-unsaturated/α-hetero) is 1. The molecule has 0 rings (SSSR count). The van der Waals surface area contributed by atoms with Gasteiger partial charge in [0.25, 0.3) is 0 Å². The molecular formula is C16H31NO2. The molecule has 112 valence electrons. The lowest BCUT2D eigenvalue weighted by molar-refractivity contribution is -0.133. The Kier molecular flexibility index (Phi) is 11.6. The zero-order valence-electron chi connectivity index (χ0n) is 13.0. The first-order valence-electron chi connectivity index (χ1n) is 7.91. The van der Waals surface area contributed by atoms with Crippen LogP contribution >= 0.6 is 0 Å². The summed E-state index contributed by atoms with van der Waals surface area (Å²) in [6, 6.07) is 0. The van der Waals surface area contributed by atoms with Gasteiger partial charge in [0, 0.05) is 6.54 Å². The van der Waals surface area contributed by atoms with E-state index < -0.39 is 5.92 Å². The third kappa shape index (κ3) is 9.69. The molecule has 0 aliphatic rings. The van der Waals surface area contributed by atoms with E-state index in [2.05, 4.69) is 19.2 Å². The fourth-order valence-electron chi connectivity index (χ4n) is 2.16. The molecule has 1 amide bonds. The lowest BCUT2D eigenvalue weighted by Gasteiger charge is -2.13. The third-order valence-corrected chi connectivity index (χ3v) is 3.48. The van der Waals surface area contributed by atoms with Crippen LogP contribution in [0.3, 0.4) is 0 Å². The first-order valence-corrected chi connectivity index (χ1v) is 7.91. The first kappa shape index (κ1) is 18.1. The normalized spacial score (nSPS) is 12.2. The van der Waals surface area contributed by atoms with Crippen LogP contribution in [0.25, 0.3) is 0 Å². The van der Waals surface area contributed by atoms with Crippen LogP contribution in [-0.4, -0.2) is 18.2 Å². The number of unbranched alkanes of at least 4 members (excludes halogenated alkanes) is 6. The van der Waals surface area contributed by atoms with Gasteiger partial charge < -0.3 is 5.32 Å². The van der Waals surface area contributed by atoms with Crippen molar-refractivity contribution in [1.29, 1.82) is 0 Å². The molecule has 0 heterocycles. The minimum absolute atomic E-state index is 0.00237. The van der Waals surface area contributed by atoms with Crippen molar-refractivity contribution >= 4 is 11.7 Å². The highest BCUT2D eigenvalue weighted by molar-refractivity contribution is 6.00. The molecule has 0 saturated heterocycles. The quantitative estimate of drug-likeness (QED) is 0.432. The van der Waals surface area contributed by atoms with Crippen molar-refractivity contribution in [3.05, 3.63) is 0 Å². The minimum Gasteiger partial charge on any atom is -0.355 e. The van der Waals surface area contributed by atoms with Gasteiger partial charge in [-0.15, -0.1) is 0 Å². The minimum atomic E-state index is -0.428. The summed E-state index contributed by atoms with van der Waals surface area (Å²) in [5, 5.41) is 2.87. The van der Waals surface area contributed by atoms with E-state index in [4.69, 9.17) is 0 Å². The number of nitrogens with one attached hydrogen (secondary N) is 1. The lowest BCUT2D eigenvalue weighted by atomic mass is 9.96. The van der Waals surface area contributed by atoms with Gasteiger partial charge in [-0.3, -0.25) is 9.59 Å². The highest BCUT2D eigenvalue weighted by atomic mass is 16.2. The maximum absolute atomic E-state index is 11.9. The van der Waals surface area contributed by atoms with Crippen molar-refractivity contribution in [3.63, 3.8) is 0 Å². The highest BCUT2D eigenvalue weighted by Gasteiger charge is 2.21. The van der Waals surface area contributed by atoms with Crippen LogP contribution in [0.15, 0.2) is 0 Å². The lowest BCUT2D eigenvalue weighted by Crippen LogP contribution is -2.35. The van der Waals surface area contributed by atoms with E-state index in [1.165, 1.54) is 32.6 Å². The van der Waals surface area contributed by atoms with Crippen molar-refractivity contribution in [2.24, 2.45) is 5.92 Å². The van der Waals surface area contributed by atoms with E-state index in [0.29, 0.717) is 13.0 Å².